The van der Waals surface area contributed by atoms with Crippen molar-refractivity contribution >= 4 is 11.9 Å². The fourth-order valence-electron chi connectivity index (χ4n) is 2.26. The number of rotatable bonds is 5. The predicted molar refractivity (Wildman–Crippen MR) is 73.8 cm³/mol. The van der Waals surface area contributed by atoms with Crippen molar-refractivity contribution in [1.29, 1.82) is 0 Å². The molecule has 4 heteroatoms. The number of nitrogens with one attached hydrogen (secondary N) is 1. The Labute approximate surface area is 118 Å². The number of amides is 1. The maximum absolute atomic E-state index is 12.3. The zero-order chi connectivity index (χ0) is 13.9. The molecule has 1 amide bonds. The van der Waals surface area contributed by atoms with Crippen molar-refractivity contribution in [3.05, 3.63) is 35.9 Å². The van der Waals surface area contributed by atoms with Gasteiger partial charge in [-0.2, -0.15) is 0 Å². The first-order valence-electron chi connectivity index (χ1n) is 7.30. The Hall–Kier alpha value is -1.84. The van der Waals surface area contributed by atoms with Gasteiger partial charge in [-0.15, -0.1) is 0 Å². The van der Waals surface area contributed by atoms with Crippen molar-refractivity contribution in [3.8, 4) is 0 Å². The van der Waals surface area contributed by atoms with E-state index in [1.54, 1.807) is 0 Å². The van der Waals surface area contributed by atoms with Crippen LogP contribution in [0.1, 0.15) is 43.8 Å². The summed E-state index contributed by atoms with van der Waals surface area (Å²) in [5.74, 6) is -0.461. The van der Waals surface area contributed by atoms with Gasteiger partial charge in [-0.1, -0.05) is 36.8 Å². The second-order valence-electron chi connectivity index (χ2n) is 5.64. The first-order chi connectivity index (χ1) is 9.74. The van der Waals surface area contributed by atoms with Gasteiger partial charge >= 0.3 is 5.97 Å². The maximum atomic E-state index is 12.3. The highest BCUT2D eigenvalue weighted by Crippen LogP contribution is 2.30. The lowest BCUT2D eigenvalue weighted by atomic mass is 9.85. The van der Waals surface area contributed by atoms with Gasteiger partial charge in [0.2, 0.25) is 6.10 Å². The lowest BCUT2D eigenvalue weighted by Crippen LogP contribution is -2.35. The van der Waals surface area contributed by atoms with Gasteiger partial charge in [-0.3, -0.25) is 9.59 Å². The smallest absolute Gasteiger partial charge is 0.310 e. The van der Waals surface area contributed by atoms with E-state index < -0.39 is 6.10 Å². The average molecular weight is 273 g/mol. The molecule has 20 heavy (non-hydrogen) atoms. The summed E-state index contributed by atoms with van der Waals surface area (Å²) in [6, 6.07) is 9.49. The SMILES string of the molecule is O=C(O[C@@H](C(=O)NC1CC1)c1ccccc1)C1CCC1. The normalized spacial score (nSPS) is 19.8. The third kappa shape index (κ3) is 3.00. The minimum absolute atomic E-state index is 0.0186. The van der Waals surface area contributed by atoms with Crippen LogP contribution in [0.15, 0.2) is 30.3 Å². The third-order valence-electron chi connectivity index (χ3n) is 3.94. The molecule has 0 spiro atoms. The van der Waals surface area contributed by atoms with Gasteiger partial charge in [0.15, 0.2) is 0 Å². The zero-order valence-electron chi connectivity index (χ0n) is 11.4. The van der Waals surface area contributed by atoms with Crippen LogP contribution >= 0.6 is 0 Å². The van der Waals surface area contributed by atoms with Crippen LogP contribution in [0.2, 0.25) is 0 Å². The Bertz CT molecular complexity index is 492. The van der Waals surface area contributed by atoms with Crippen LogP contribution in [0.4, 0.5) is 0 Å². The Morgan fingerprint density at radius 2 is 1.80 bits per heavy atom. The molecule has 1 aromatic carbocycles. The van der Waals surface area contributed by atoms with Crippen molar-refractivity contribution < 1.29 is 14.3 Å². The molecular weight excluding hydrogens is 254 g/mol. The molecule has 106 valence electrons. The molecule has 2 aliphatic carbocycles. The molecule has 0 bridgehead atoms. The molecule has 2 fully saturated rings. The Balaban J connectivity index is 1.71. The predicted octanol–water partition coefficient (Wildman–Crippen LogP) is 2.35. The molecule has 0 aliphatic heterocycles. The number of esters is 1. The summed E-state index contributed by atoms with van der Waals surface area (Å²) in [5, 5.41) is 2.92. The fourth-order valence-corrected chi connectivity index (χ4v) is 2.26. The minimum Gasteiger partial charge on any atom is -0.447 e. The summed E-state index contributed by atoms with van der Waals surface area (Å²) >= 11 is 0. The van der Waals surface area contributed by atoms with E-state index in [0.717, 1.165) is 37.7 Å². The van der Waals surface area contributed by atoms with Gasteiger partial charge < -0.3 is 10.1 Å². The van der Waals surface area contributed by atoms with Crippen LogP contribution in [0.25, 0.3) is 0 Å². The highest BCUT2D eigenvalue weighted by Gasteiger charge is 2.34. The van der Waals surface area contributed by atoms with E-state index in [2.05, 4.69) is 5.32 Å². The topological polar surface area (TPSA) is 55.4 Å². The second kappa shape index (κ2) is 5.65. The van der Waals surface area contributed by atoms with Gasteiger partial charge in [0, 0.05) is 11.6 Å². The summed E-state index contributed by atoms with van der Waals surface area (Å²) in [6.07, 6.45) is 4.05. The fraction of sp³-hybridized carbons (Fsp3) is 0.500. The summed E-state index contributed by atoms with van der Waals surface area (Å²) in [4.78, 5) is 24.3. The molecule has 0 aromatic heterocycles. The van der Waals surface area contributed by atoms with Crippen molar-refractivity contribution in [3.63, 3.8) is 0 Å². The van der Waals surface area contributed by atoms with E-state index in [-0.39, 0.29) is 23.8 Å². The number of ether oxygens (including phenoxy) is 1. The molecule has 2 aliphatic rings. The molecule has 0 radical (unpaired) electrons. The van der Waals surface area contributed by atoms with E-state index in [4.69, 9.17) is 4.74 Å². The number of benzene rings is 1. The van der Waals surface area contributed by atoms with Crippen molar-refractivity contribution in [2.45, 2.75) is 44.2 Å². The maximum Gasteiger partial charge on any atom is 0.310 e. The largest absolute Gasteiger partial charge is 0.447 e. The molecule has 0 unspecified atom stereocenters. The van der Waals surface area contributed by atoms with Crippen LogP contribution in [0, 0.1) is 5.92 Å². The Morgan fingerprint density at radius 3 is 2.35 bits per heavy atom. The van der Waals surface area contributed by atoms with Crippen LogP contribution in [-0.4, -0.2) is 17.9 Å². The summed E-state index contributed by atoms with van der Waals surface area (Å²) in [5.41, 5.74) is 0.735. The summed E-state index contributed by atoms with van der Waals surface area (Å²) < 4.78 is 5.48. The standard InChI is InChI=1S/C16H19NO3/c18-15(17-13-9-10-13)14(11-5-2-1-3-6-11)20-16(19)12-7-4-8-12/h1-3,5-6,12-14H,4,7-10H2,(H,17,18)/t14-/m1/s1. The molecule has 1 atom stereocenters. The van der Waals surface area contributed by atoms with Crippen LogP contribution in [0.5, 0.6) is 0 Å². The first kappa shape index (κ1) is 13.2. The van der Waals surface area contributed by atoms with Gasteiger partial charge in [-0.05, 0) is 25.7 Å². The monoisotopic (exact) mass is 273 g/mol. The van der Waals surface area contributed by atoms with Gasteiger partial charge in [0.05, 0.1) is 5.92 Å². The minimum atomic E-state index is -0.815. The van der Waals surface area contributed by atoms with Crippen molar-refractivity contribution in [2.75, 3.05) is 0 Å². The molecular formula is C16H19NO3. The van der Waals surface area contributed by atoms with E-state index in [1.807, 2.05) is 30.3 Å². The highest BCUT2D eigenvalue weighted by molar-refractivity contribution is 5.86. The van der Waals surface area contributed by atoms with Crippen molar-refractivity contribution in [2.24, 2.45) is 5.92 Å². The Kier molecular flexibility index (Phi) is 3.72. The number of carbonyl (C=O) groups excluding carboxylic acids is 2. The van der Waals surface area contributed by atoms with Crippen LogP contribution < -0.4 is 5.32 Å². The summed E-state index contributed by atoms with van der Waals surface area (Å²) in [6.45, 7) is 0. The number of hydrogen-bond donors (Lipinski definition) is 1. The second-order valence-corrected chi connectivity index (χ2v) is 5.64. The zero-order valence-corrected chi connectivity index (χ0v) is 11.4. The lowest BCUT2D eigenvalue weighted by molar-refractivity contribution is -0.162. The molecule has 1 N–H and O–H groups in total. The van der Waals surface area contributed by atoms with E-state index >= 15 is 0 Å². The first-order valence-corrected chi connectivity index (χ1v) is 7.30. The third-order valence-corrected chi connectivity index (χ3v) is 3.94. The van der Waals surface area contributed by atoms with Crippen molar-refractivity contribution in [1.82, 2.24) is 5.32 Å². The molecule has 0 saturated heterocycles. The van der Waals surface area contributed by atoms with E-state index in [9.17, 15) is 9.59 Å². The molecule has 4 nitrogen and oxygen atoms in total. The molecule has 1 aromatic rings. The van der Waals surface area contributed by atoms with Gasteiger partial charge in [0.25, 0.3) is 5.91 Å². The quantitative estimate of drug-likeness (QED) is 0.838. The van der Waals surface area contributed by atoms with Crippen LogP contribution in [-0.2, 0) is 14.3 Å². The van der Waals surface area contributed by atoms with Gasteiger partial charge in [0.1, 0.15) is 0 Å². The number of carbonyl (C=O) groups is 2. The highest BCUT2D eigenvalue weighted by atomic mass is 16.5. The number of hydrogen-bond acceptors (Lipinski definition) is 3. The molecule has 0 heterocycles. The molecule has 2 saturated carbocycles. The average Bonchev–Trinajstić information content (AvgIpc) is 3.18. The lowest BCUT2D eigenvalue weighted by Gasteiger charge is -2.26. The van der Waals surface area contributed by atoms with E-state index in [0.29, 0.717) is 0 Å². The van der Waals surface area contributed by atoms with E-state index in [1.165, 1.54) is 0 Å². The van der Waals surface area contributed by atoms with Crippen LogP contribution in [0.3, 0.4) is 0 Å². The van der Waals surface area contributed by atoms with Gasteiger partial charge in [-0.25, -0.2) is 0 Å². The summed E-state index contributed by atoms with van der Waals surface area (Å²) in [7, 11) is 0. The molecule has 3 rings (SSSR count). The Morgan fingerprint density at radius 1 is 1.10 bits per heavy atom.